The average Bonchev–Trinajstić information content (AvgIpc) is 3.09. The van der Waals surface area contributed by atoms with Crippen LogP contribution in [0.4, 0.5) is 0 Å². The summed E-state index contributed by atoms with van der Waals surface area (Å²) in [6.07, 6.45) is 2.64. The van der Waals surface area contributed by atoms with E-state index >= 15 is 0 Å². The van der Waals surface area contributed by atoms with E-state index in [1.54, 1.807) is 14.2 Å². The lowest BCUT2D eigenvalue weighted by Gasteiger charge is -2.28. The molecule has 0 radical (unpaired) electrons. The zero-order valence-electron chi connectivity index (χ0n) is 17.0. The highest BCUT2D eigenvalue weighted by Crippen LogP contribution is 2.33. The fourth-order valence-corrected chi connectivity index (χ4v) is 4.53. The number of nitrogens with zero attached hydrogens (tertiary/aromatic N) is 3. The Kier molecular flexibility index (Phi) is 5.24. The fourth-order valence-electron chi connectivity index (χ4n) is 3.65. The molecule has 6 nitrogen and oxygen atoms in total. The maximum atomic E-state index is 13.0. The van der Waals surface area contributed by atoms with Gasteiger partial charge in [-0.1, -0.05) is 6.07 Å². The lowest BCUT2D eigenvalue weighted by atomic mass is 10.00. The van der Waals surface area contributed by atoms with E-state index in [2.05, 4.69) is 16.0 Å². The van der Waals surface area contributed by atoms with Gasteiger partial charge in [0.15, 0.2) is 11.5 Å². The molecular weight excluding hydrogens is 386 g/mol. The molecule has 7 heteroatoms. The first-order valence-electron chi connectivity index (χ1n) is 9.43. The molecule has 1 aliphatic rings. The predicted molar refractivity (Wildman–Crippen MR) is 113 cm³/mol. The van der Waals surface area contributed by atoms with E-state index in [0.717, 1.165) is 44.4 Å². The van der Waals surface area contributed by atoms with Crippen LogP contribution in [0.3, 0.4) is 0 Å². The minimum absolute atomic E-state index is 0.0512. The highest BCUT2D eigenvalue weighted by atomic mass is 32.1. The summed E-state index contributed by atoms with van der Waals surface area (Å²) in [4.78, 5) is 24.7. The van der Waals surface area contributed by atoms with Crippen LogP contribution in [-0.4, -0.2) is 41.5 Å². The number of ether oxygens (including phenoxy) is 2. The van der Waals surface area contributed by atoms with Gasteiger partial charge < -0.3 is 14.4 Å². The summed E-state index contributed by atoms with van der Waals surface area (Å²) in [5.74, 6) is 1.42. The Morgan fingerprint density at radius 2 is 1.90 bits per heavy atom. The molecule has 4 rings (SSSR count). The number of carbonyl (C=O) groups is 1. The van der Waals surface area contributed by atoms with Crippen LogP contribution < -0.4 is 9.47 Å². The maximum absolute atomic E-state index is 13.0. The summed E-state index contributed by atoms with van der Waals surface area (Å²) in [5, 5.41) is 0.917. The lowest BCUT2D eigenvalue weighted by molar-refractivity contribution is 0.0737. The van der Waals surface area contributed by atoms with Gasteiger partial charge in [-0.2, -0.15) is 0 Å². The number of hydrogen-bond donors (Lipinski definition) is 0. The van der Waals surface area contributed by atoms with Crippen molar-refractivity contribution in [1.82, 2.24) is 14.9 Å². The topological polar surface area (TPSA) is 64.5 Å². The van der Waals surface area contributed by atoms with Crippen molar-refractivity contribution in [3.8, 4) is 22.6 Å². The Balaban J connectivity index is 1.62. The van der Waals surface area contributed by atoms with Gasteiger partial charge in [0.25, 0.3) is 5.91 Å². The first-order valence-corrected chi connectivity index (χ1v) is 10.2. The van der Waals surface area contributed by atoms with Gasteiger partial charge in [0.05, 0.1) is 24.9 Å². The van der Waals surface area contributed by atoms with Crippen LogP contribution in [-0.2, 0) is 13.0 Å². The number of carbonyl (C=O) groups excluding carboxylic acids is 1. The number of aryl methyl sites for hydroxylation is 2. The Morgan fingerprint density at radius 3 is 2.59 bits per heavy atom. The molecule has 0 bridgehead atoms. The van der Waals surface area contributed by atoms with Crippen LogP contribution in [0.1, 0.15) is 31.6 Å². The molecule has 0 N–H and O–H groups in total. The van der Waals surface area contributed by atoms with Crippen molar-refractivity contribution >= 4 is 17.2 Å². The van der Waals surface area contributed by atoms with Crippen LogP contribution in [0.2, 0.25) is 0 Å². The second-order valence-corrected chi connectivity index (χ2v) is 8.23. The van der Waals surface area contributed by atoms with Gasteiger partial charge in [0.1, 0.15) is 4.88 Å². The number of hydrogen-bond acceptors (Lipinski definition) is 6. The minimum atomic E-state index is 0.0512. The zero-order valence-corrected chi connectivity index (χ0v) is 17.8. The maximum Gasteiger partial charge on any atom is 0.266 e. The van der Waals surface area contributed by atoms with Gasteiger partial charge in [0, 0.05) is 37.0 Å². The number of benzene rings is 1. The SMILES string of the molecule is COc1ccc(-c2cnc3c(c2)CN(C(=O)c2sc(C)nc2C)CC3)cc1OC. The third-order valence-electron chi connectivity index (χ3n) is 5.14. The fraction of sp³-hybridized carbons (Fsp3) is 0.318. The van der Waals surface area contributed by atoms with E-state index in [-0.39, 0.29) is 5.91 Å². The number of fused-ring (bicyclic) bond motifs is 1. The molecule has 3 aromatic rings. The lowest BCUT2D eigenvalue weighted by Crippen LogP contribution is -2.36. The smallest absolute Gasteiger partial charge is 0.266 e. The summed E-state index contributed by atoms with van der Waals surface area (Å²) in [6, 6.07) is 7.93. The third kappa shape index (κ3) is 3.70. The van der Waals surface area contributed by atoms with Gasteiger partial charge in [-0.15, -0.1) is 11.3 Å². The molecule has 150 valence electrons. The molecule has 0 saturated heterocycles. The van der Waals surface area contributed by atoms with E-state index < -0.39 is 0 Å². The Bertz CT molecular complexity index is 1080. The van der Waals surface area contributed by atoms with Crippen molar-refractivity contribution in [2.45, 2.75) is 26.8 Å². The van der Waals surface area contributed by atoms with E-state index in [4.69, 9.17) is 9.47 Å². The first kappa shape index (κ1) is 19.4. The van der Waals surface area contributed by atoms with Crippen molar-refractivity contribution in [3.05, 3.63) is 57.3 Å². The molecule has 0 saturated carbocycles. The van der Waals surface area contributed by atoms with Gasteiger partial charge in [-0.05, 0) is 43.2 Å². The largest absolute Gasteiger partial charge is 0.493 e. The average molecular weight is 410 g/mol. The number of aromatic nitrogens is 2. The van der Waals surface area contributed by atoms with E-state index in [9.17, 15) is 4.79 Å². The Morgan fingerprint density at radius 1 is 1.10 bits per heavy atom. The second-order valence-electron chi connectivity index (χ2n) is 7.02. The summed E-state index contributed by atoms with van der Waals surface area (Å²) < 4.78 is 10.7. The van der Waals surface area contributed by atoms with Crippen LogP contribution in [0.15, 0.2) is 30.5 Å². The number of amides is 1. The molecule has 0 spiro atoms. The van der Waals surface area contributed by atoms with Crippen molar-refractivity contribution in [3.63, 3.8) is 0 Å². The standard InChI is InChI=1S/C22H23N3O3S/c1-13-21(29-14(2)24-13)22(26)25-8-7-18-17(12-25)9-16(11-23-18)15-5-6-19(27-3)20(10-15)28-4/h5-6,9-11H,7-8,12H2,1-4H3. The van der Waals surface area contributed by atoms with Gasteiger partial charge >= 0.3 is 0 Å². The number of pyridine rings is 1. The zero-order chi connectivity index (χ0) is 20.5. The van der Waals surface area contributed by atoms with E-state index in [0.29, 0.717) is 24.6 Å². The summed E-state index contributed by atoms with van der Waals surface area (Å²) in [6.45, 7) is 5.05. The van der Waals surface area contributed by atoms with Gasteiger partial charge in [0.2, 0.25) is 0 Å². The van der Waals surface area contributed by atoms with E-state index in [1.165, 1.54) is 11.3 Å². The van der Waals surface area contributed by atoms with Crippen LogP contribution in [0, 0.1) is 13.8 Å². The Hall–Kier alpha value is -2.93. The molecule has 1 aromatic carbocycles. The molecule has 3 heterocycles. The van der Waals surface area contributed by atoms with Crippen LogP contribution in [0.5, 0.6) is 11.5 Å². The summed E-state index contributed by atoms with van der Waals surface area (Å²) in [5.41, 5.74) is 4.92. The quantitative estimate of drug-likeness (QED) is 0.651. The first-order chi connectivity index (χ1) is 14.0. The monoisotopic (exact) mass is 409 g/mol. The molecule has 0 aliphatic carbocycles. The van der Waals surface area contributed by atoms with Crippen molar-refractivity contribution in [1.29, 1.82) is 0 Å². The highest BCUT2D eigenvalue weighted by Gasteiger charge is 2.25. The normalized spacial score (nSPS) is 13.2. The highest BCUT2D eigenvalue weighted by molar-refractivity contribution is 7.13. The van der Waals surface area contributed by atoms with Gasteiger partial charge in [-0.25, -0.2) is 4.98 Å². The third-order valence-corrected chi connectivity index (χ3v) is 6.20. The molecule has 2 aromatic heterocycles. The van der Waals surface area contributed by atoms with Crippen molar-refractivity contribution in [2.24, 2.45) is 0 Å². The predicted octanol–water partition coefficient (Wildman–Crippen LogP) is 4.04. The van der Waals surface area contributed by atoms with Crippen molar-refractivity contribution < 1.29 is 14.3 Å². The molecule has 0 fully saturated rings. The number of methoxy groups -OCH3 is 2. The Labute approximate surface area is 174 Å². The number of thiazole rings is 1. The molecule has 29 heavy (non-hydrogen) atoms. The molecular formula is C22H23N3O3S. The van der Waals surface area contributed by atoms with Crippen LogP contribution >= 0.6 is 11.3 Å². The molecule has 0 atom stereocenters. The molecule has 1 aliphatic heterocycles. The molecule has 0 unspecified atom stereocenters. The van der Waals surface area contributed by atoms with Crippen LogP contribution in [0.25, 0.3) is 11.1 Å². The van der Waals surface area contributed by atoms with Gasteiger partial charge in [-0.3, -0.25) is 9.78 Å². The summed E-state index contributed by atoms with van der Waals surface area (Å²) >= 11 is 1.46. The second kappa shape index (κ2) is 7.83. The van der Waals surface area contributed by atoms with E-state index in [1.807, 2.05) is 43.1 Å². The summed E-state index contributed by atoms with van der Waals surface area (Å²) in [7, 11) is 3.25. The minimum Gasteiger partial charge on any atom is -0.493 e. The molecule has 1 amide bonds. The number of rotatable bonds is 4. The van der Waals surface area contributed by atoms with Crippen molar-refractivity contribution in [2.75, 3.05) is 20.8 Å².